The molecule has 468 valence electrons. The van der Waals surface area contributed by atoms with E-state index in [1.165, 1.54) is 12.2 Å². The van der Waals surface area contributed by atoms with Gasteiger partial charge < -0.3 is 45.0 Å². The van der Waals surface area contributed by atoms with Crippen molar-refractivity contribution >= 4 is 64.1 Å². The Kier molecular flexibility index (Phi) is 25.6. The lowest BCUT2D eigenvalue weighted by Crippen LogP contribution is -2.60. The van der Waals surface area contributed by atoms with Crippen molar-refractivity contribution < 1.29 is 62.3 Å². The van der Waals surface area contributed by atoms with Gasteiger partial charge in [0.25, 0.3) is 17.7 Å². The maximum atomic E-state index is 14.8. The molecule has 22 nitrogen and oxygen atoms in total. The Labute approximate surface area is 496 Å². The summed E-state index contributed by atoms with van der Waals surface area (Å²) < 4.78 is 12.2. The first kappa shape index (κ1) is 67.2. The first-order valence-corrected chi connectivity index (χ1v) is 30.9. The van der Waals surface area contributed by atoms with Gasteiger partial charge in [0.15, 0.2) is 0 Å². The molecular weight excluding hydrogens is 1080 g/mol. The van der Waals surface area contributed by atoms with Crippen LogP contribution in [0.2, 0.25) is 0 Å². The van der Waals surface area contributed by atoms with Crippen LogP contribution in [0.25, 0.3) is 10.9 Å². The molecule has 4 aliphatic rings. The van der Waals surface area contributed by atoms with Gasteiger partial charge in [-0.15, -0.1) is 5.06 Å². The number of ether oxygens (including phenoxy) is 2. The van der Waals surface area contributed by atoms with Crippen molar-refractivity contribution in [1.82, 2.24) is 45.8 Å². The molecule has 4 N–H and O–H groups in total. The van der Waals surface area contributed by atoms with E-state index in [9.17, 15) is 43.2 Å². The van der Waals surface area contributed by atoms with Gasteiger partial charge in [0.05, 0.1) is 55.2 Å². The SMILES string of the molecule is CC[C@H](C)[C@@H]([C@@H](CC(=O)N1CCC[C@H]1[C@H](OC)[C@@H](C)C(=O)N[C@@H](Cc1c[nH]c2ccccc12)C(=O)N1CCCCO1)OC)N(C)C(=O)[C@@H](NC(=O)[C@H](C(C)C)N(C)CCCCCC(=O)NC1CCC(C(=O)ON2C(=O)CCC2=O)CC1)C(C)C. The van der Waals surface area contributed by atoms with E-state index < -0.39 is 72.0 Å². The van der Waals surface area contributed by atoms with Crippen molar-refractivity contribution in [1.29, 1.82) is 0 Å². The fourth-order valence-corrected chi connectivity index (χ4v) is 12.8. The van der Waals surface area contributed by atoms with Gasteiger partial charge in [-0.25, -0.2) is 9.86 Å². The average molecular weight is 1180 g/mol. The number of hydroxylamine groups is 4. The number of unbranched alkanes of at least 4 members (excludes halogenated alkanes) is 2. The van der Waals surface area contributed by atoms with Crippen LogP contribution in [-0.2, 0) is 68.7 Å². The number of carbonyl (C=O) groups is 9. The van der Waals surface area contributed by atoms with Gasteiger partial charge in [-0.2, -0.15) is 0 Å². The molecule has 3 saturated heterocycles. The Bertz CT molecular complexity index is 2550. The quantitative estimate of drug-likeness (QED) is 0.0548. The maximum absolute atomic E-state index is 14.8. The molecule has 4 heterocycles. The summed E-state index contributed by atoms with van der Waals surface area (Å²) in [6.45, 7) is 15.4. The second-order valence-corrected chi connectivity index (χ2v) is 24.5. The minimum Gasteiger partial charge on any atom is -0.379 e. The molecule has 8 amide bonds. The molecule has 22 heteroatoms. The van der Waals surface area contributed by atoms with Crippen LogP contribution in [0.15, 0.2) is 30.5 Å². The number of hydrogen-bond acceptors (Lipinski definition) is 14. The highest BCUT2D eigenvalue weighted by Crippen LogP contribution is 2.31. The van der Waals surface area contributed by atoms with E-state index in [-0.39, 0.29) is 84.9 Å². The van der Waals surface area contributed by atoms with Crippen molar-refractivity contribution in [3.63, 3.8) is 0 Å². The number of hydrogen-bond donors (Lipinski definition) is 4. The summed E-state index contributed by atoms with van der Waals surface area (Å²) in [7, 11) is 6.70. The van der Waals surface area contributed by atoms with Crippen LogP contribution in [0.1, 0.15) is 157 Å². The molecule has 0 spiro atoms. The Morgan fingerprint density at radius 2 is 1.51 bits per heavy atom. The second-order valence-electron chi connectivity index (χ2n) is 24.5. The lowest BCUT2D eigenvalue weighted by atomic mass is 9.86. The number of aromatic amines is 1. The fraction of sp³-hybridized carbons (Fsp3) is 0.726. The third-order valence-electron chi connectivity index (χ3n) is 17.9. The van der Waals surface area contributed by atoms with E-state index in [2.05, 4.69) is 20.9 Å². The van der Waals surface area contributed by atoms with Gasteiger partial charge in [0.1, 0.15) is 12.1 Å². The number of methoxy groups -OCH3 is 2. The lowest BCUT2D eigenvalue weighted by molar-refractivity contribution is -0.201. The fourth-order valence-electron chi connectivity index (χ4n) is 12.8. The smallest absolute Gasteiger partial charge is 0.336 e. The topological polar surface area (TPSA) is 259 Å². The molecule has 0 unspecified atom stereocenters. The molecule has 1 saturated carbocycles. The summed E-state index contributed by atoms with van der Waals surface area (Å²) in [4.78, 5) is 141. The number of likely N-dealkylation sites (N-methyl/N-ethyl adjacent to an activating group) is 2. The molecule has 0 radical (unpaired) electrons. The summed E-state index contributed by atoms with van der Waals surface area (Å²) in [5.74, 6) is -4.83. The second kappa shape index (κ2) is 32.0. The third-order valence-corrected chi connectivity index (χ3v) is 17.9. The molecular formula is C62H97N9O13. The van der Waals surface area contributed by atoms with E-state index in [0.717, 1.165) is 42.1 Å². The predicted molar refractivity (Wildman–Crippen MR) is 315 cm³/mol. The van der Waals surface area contributed by atoms with E-state index in [4.69, 9.17) is 19.1 Å². The molecule has 9 atom stereocenters. The molecule has 1 aliphatic carbocycles. The molecule has 6 rings (SSSR count). The lowest BCUT2D eigenvalue weighted by Gasteiger charge is -2.41. The van der Waals surface area contributed by atoms with Crippen LogP contribution in [0.5, 0.6) is 0 Å². The monoisotopic (exact) mass is 1180 g/mol. The molecule has 2 aromatic rings. The number of aromatic nitrogens is 1. The summed E-state index contributed by atoms with van der Waals surface area (Å²) in [5.41, 5.74) is 1.81. The molecule has 84 heavy (non-hydrogen) atoms. The van der Waals surface area contributed by atoms with Crippen molar-refractivity contribution in [2.24, 2.45) is 29.6 Å². The van der Waals surface area contributed by atoms with Crippen molar-refractivity contribution in [2.45, 2.75) is 206 Å². The summed E-state index contributed by atoms with van der Waals surface area (Å²) in [6.07, 6.45) is 8.91. The molecule has 4 fully saturated rings. The molecule has 3 aliphatic heterocycles. The number of amides is 8. The first-order chi connectivity index (χ1) is 40.1. The van der Waals surface area contributed by atoms with Crippen molar-refractivity contribution in [3.8, 4) is 0 Å². The zero-order valence-corrected chi connectivity index (χ0v) is 51.8. The van der Waals surface area contributed by atoms with Crippen LogP contribution in [0.4, 0.5) is 0 Å². The normalized spacial score (nSPS) is 21.5. The predicted octanol–water partition coefficient (Wildman–Crippen LogP) is 5.61. The van der Waals surface area contributed by atoms with Gasteiger partial charge in [0.2, 0.25) is 29.5 Å². The Hall–Kier alpha value is -5.97. The number of nitrogens with one attached hydrogen (secondary N) is 4. The van der Waals surface area contributed by atoms with E-state index in [1.807, 2.05) is 84.0 Å². The van der Waals surface area contributed by atoms with Crippen LogP contribution in [0.3, 0.4) is 0 Å². The number of carbonyl (C=O) groups excluding carboxylic acids is 9. The standard InChI is InChI=1S/C62H97N9O13/c1-12-40(6)56(49(81-10)36-53(75)69-32-20-23-48(69)57(82-11)41(7)58(76)65-47(60(78)70-33-18-19-34-83-70)35-43-37-63-46-22-16-15-21-45(43)46)68(9)61(79)54(38(2)3)66-59(77)55(39(4)5)67(8)31-17-13-14-24-50(72)64-44-27-25-42(26-28-44)62(80)84-71-51(73)29-30-52(71)74/h15-16,21-22,37-42,44,47-49,54-57,63H,12-14,17-20,23-36H2,1-11H3,(H,64,72)(H,65,76)(H,66,77)/t40-,41+,42?,44?,47-,48-,49+,54-,55-,56-,57+/m0/s1. The van der Waals surface area contributed by atoms with Crippen LogP contribution in [0, 0.1) is 29.6 Å². The number of para-hydroxylation sites is 1. The summed E-state index contributed by atoms with van der Waals surface area (Å²) in [5, 5.41) is 12.2. The Morgan fingerprint density at radius 1 is 0.810 bits per heavy atom. The average Bonchev–Trinajstić information content (AvgIpc) is 3.76. The highest BCUT2D eigenvalue weighted by Gasteiger charge is 2.44. The number of fused-ring (bicyclic) bond motifs is 1. The number of nitrogens with zero attached hydrogens (tertiary/aromatic N) is 5. The Morgan fingerprint density at radius 3 is 2.14 bits per heavy atom. The van der Waals surface area contributed by atoms with Crippen LogP contribution in [-0.4, -0.2) is 186 Å². The van der Waals surface area contributed by atoms with Crippen LogP contribution >= 0.6 is 0 Å². The van der Waals surface area contributed by atoms with Gasteiger partial charge in [-0.3, -0.25) is 48.1 Å². The van der Waals surface area contributed by atoms with Crippen LogP contribution < -0.4 is 16.0 Å². The van der Waals surface area contributed by atoms with E-state index in [1.54, 1.807) is 30.9 Å². The maximum Gasteiger partial charge on any atom is 0.336 e. The van der Waals surface area contributed by atoms with E-state index in [0.29, 0.717) is 89.1 Å². The molecule has 1 aromatic carbocycles. The minimum atomic E-state index is -0.922. The third kappa shape index (κ3) is 17.4. The largest absolute Gasteiger partial charge is 0.379 e. The van der Waals surface area contributed by atoms with Crippen molar-refractivity contribution in [3.05, 3.63) is 36.0 Å². The Balaban J connectivity index is 1.01. The van der Waals surface area contributed by atoms with E-state index >= 15 is 0 Å². The molecule has 1 aromatic heterocycles. The molecule has 0 bridgehead atoms. The van der Waals surface area contributed by atoms with Gasteiger partial charge in [-0.05, 0) is 107 Å². The summed E-state index contributed by atoms with van der Waals surface area (Å²) in [6, 6.07) is 4.38. The minimum absolute atomic E-state index is 0.0373. The number of likely N-dealkylation sites (tertiary alicyclic amines) is 1. The number of benzene rings is 1. The highest BCUT2D eigenvalue weighted by molar-refractivity contribution is 6.01. The van der Waals surface area contributed by atoms with Crippen molar-refractivity contribution in [2.75, 3.05) is 54.6 Å². The van der Waals surface area contributed by atoms with Gasteiger partial charge >= 0.3 is 5.97 Å². The zero-order chi connectivity index (χ0) is 61.4. The summed E-state index contributed by atoms with van der Waals surface area (Å²) >= 11 is 0. The number of H-pyrrole nitrogens is 1. The zero-order valence-electron chi connectivity index (χ0n) is 51.8. The first-order valence-electron chi connectivity index (χ1n) is 30.9. The highest BCUT2D eigenvalue weighted by atomic mass is 16.7. The number of imide groups is 1. The van der Waals surface area contributed by atoms with Gasteiger partial charge in [0, 0.05) is 83.2 Å². The number of rotatable bonds is 30. The van der Waals surface area contributed by atoms with Gasteiger partial charge in [-0.1, -0.05) is 79.5 Å².